The maximum atomic E-state index is 12.3. The summed E-state index contributed by atoms with van der Waals surface area (Å²) in [6.07, 6.45) is 3.45. The molecule has 2 aromatic heterocycles. The number of aromatic nitrogens is 2. The lowest BCUT2D eigenvalue weighted by molar-refractivity contribution is -0.133. The van der Waals surface area contributed by atoms with Gasteiger partial charge < -0.3 is 9.47 Å². The number of esters is 1. The fourth-order valence-electron chi connectivity index (χ4n) is 3.53. The van der Waals surface area contributed by atoms with Crippen molar-refractivity contribution in [2.45, 2.75) is 6.61 Å². The highest BCUT2D eigenvalue weighted by atomic mass is 16.5. The van der Waals surface area contributed by atoms with Crippen LogP contribution in [-0.2, 0) is 16.1 Å². The summed E-state index contributed by atoms with van der Waals surface area (Å²) in [5, 5.41) is 1.10. The van der Waals surface area contributed by atoms with Gasteiger partial charge in [0.2, 0.25) is 0 Å². The Bertz CT molecular complexity index is 1250. The number of para-hydroxylation sites is 1. The minimum Gasteiger partial charge on any atom is -0.487 e. The summed E-state index contributed by atoms with van der Waals surface area (Å²) in [6, 6.07) is 23.3. The van der Waals surface area contributed by atoms with Crippen molar-refractivity contribution in [3.63, 3.8) is 0 Å². The molecule has 1 aliphatic heterocycles. The van der Waals surface area contributed by atoms with Gasteiger partial charge in [0.25, 0.3) is 0 Å². The summed E-state index contributed by atoms with van der Waals surface area (Å²) in [6.45, 7) is 0.627. The largest absolute Gasteiger partial charge is 0.487 e. The monoisotopic (exact) mass is 394 g/mol. The summed E-state index contributed by atoms with van der Waals surface area (Å²) in [5.74, 6) is 0.395. The van der Waals surface area contributed by atoms with E-state index in [1.165, 1.54) is 0 Å². The third-order valence-corrected chi connectivity index (χ3v) is 5.05. The van der Waals surface area contributed by atoms with Gasteiger partial charge in [0.1, 0.15) is 19.0 Å². The molecule has 0 amide bonds. The van der Waals surface area contributed by atoms with Crippen LogP contribution in [0, 0.1) is 0 Å². The number of cyclic esters (lactones) is 1. The Balaban J connectivity index is 1.35. The van der Waals surface area contributed by atoms with Crippen LogP contribution < -0.4 is 4.74 Å². The third kappa shape index (κ3) is 3.53. The van der Waals surface area contributed by atoms with E-state index in [2.05, 4.69) is 9.97 Å². The van der Waals surface area contributed by atoms with E-state index in [1.54, 1.807) is 12.4 Å². The molecule has 0 saturated carbocycles. The lowest BCUT2D eigenvalue weighted by Crippen LogP contribution is -2.00. The molecule has 0 radical (unpaired) electrons. The Hall–Kier alpha value is -3.99. The van der Waals surface area contributed by atoms with E-state index in [9.17, 15) is 4.79 Å². The number of rotatable bonds is 5. The Morgan fingerprint density at radius 2 is 1.77 bits per heavy atom. The average molecular weight is 394 g/mol. The topological polar surface area (TPSA) is 61.3 Å². The molecule has 146 valence electrons. The first-order valence-electron chi connectivity index (χ1n) is 9.66. The van der Waals surface area contributed by atoms with Gasteiger partial charge in [-0.15, -0.1) is 0 Å². The Morgan fingerprint density at radius 1 is 0.900 bits per heavy atom. The van der Waals surface area contributed by atoms with Crippen LogP contribution in [-0.4, -0.2) is 22.5 Å². The zero-order valence-corrected chi connectivity index (χ0v) is 16.1. The van der Waals surface area contributed by atoms with Crippen molar-refractivity contribution in [2.75, 3.05) is 6.61 Å². The number of carbonyl (C=O) groups is 1. The lowest BCUT2D eigenvalue weighted by Gasteiger charge is -2.08. The first kappa shape index (κ1) is 18.1. The predicted molar refractivity (Wildman–Crippen MR) is 115 cm³/mol. The summed E-state index contributed by atoms with van der Waals surface area (Å²) < 4.78 is 11.2. The highest BCUT2D eigenvalue weighted by molar-refractivity contribution is 6.27. The van der Waals surface area contributed by atoms with Gasteiger partial charge >= 0.3 is 5.97 Å². The molecule has 0 fully saturated rings. The highest BCUT2D eigenvalue weighted by Crippen LogP contribution is 2.33. The molecule has 30 heavy (non-hydrogen) atoms. The fraction of sp³-hybridized carbons (Fsp3) is 0.0800. The molecular weight excluding hydrogens is 376 g/mol. The first-order chi connectivity index (χ1) is 14.8. The molecule has 0 bridgehead atoms. The number of nitrogens with zero attached hydrogens (tertiary/aromatic N) is 2. The molecule has 0 spiro atoms. The van der Waals surface area contributed by atoms with E-state index in [1.807, 2.05) is 72.8 Å². The number of hydrogen-bond donors (Lipinski definition) is 0. The number of hydrogen-bond acceptors (Lipinski definition) is 5. The van der Waals surface area contributed by atoms with Crippen LogP contribution in [0.5, 0.6) is 5.75 Å². The zero-order valence-electron chi connectivity index (χ0n) is 16.1. The summed E-state index contributed by atoms with van der Waals surface area (Å²) in [5.41, 5.74) is 4.92. The second kappa shape index (κ2) is 7.79. The molecule has 0 N–H and O–H groups in total. The molecule has 2 aromatic carbocycles. The summed E-state index contributed by atoms with van der Waals surface area (Å²) in [7, 11) is 0. The van der Waals surface area contributed by atoms with E-state index in [0.717, 1.165) is 33.3 Å². The van der Waals surface area contributed by atoms with Crippen molar-refractivity contribution in [1.82, 2.24) is 9.97 Å². The number of fused-ring (bicyclic) bond motifs is 1. The van der Waals surface area contributed by atoms with Gasteiger partial charge in [-0.05, 0) is 35.9 Å². The minimum absolute atomic E-state index is 0.256. The standard InChI is InChI=1S/C25H18N2O3/c28-25-24(22(16-30-25)19-5-3-13-26-14-19)18-8-11-21(12-9-18)29-15-20-10-7-17-4-1-2-6-23(17)27-20/h1-14H,15-16H2. The second-order valence-electron chi connectivity index (χ2n) is 6.98. The van der Waals surface area contributed by atoms with Crippen LogP contribution >= 0.6 is 0 Å². The highest BCUT2D eigenvalue weighted by Gasteiger charge is 2.27. The predicted octanol–water partition coefficient (Wildman–Crippen LogP) is 4.68. The third-order valence-electron chi connectivity index (χ3n) is 5.05. The number of benzene rings is 2. The van der Waals surface area contributed by atoms with Crippen molar-refractivity contribution in [3.05, 3.63) is 102 Å². The Labute approximate surface area is 173 Å². The van der Waals surface area contributed by atoms with E-state index < -0.39 is 0 Å². The first-order valence-corrected chi connectivity index (χ1v) is 9.66. The van der Waals surface area contributed by atoms with E-state index in [-0.39, 0.29) is 12.6 Å². The summed E-state index contributed by atoms with van der Waals surface area (Å²) in [4.78, 5) is 21.1. The van der Waals surface area contributed by atoms with Crippen LogP contribution in [0.4, 0.5) is 0 Å². The molecule has 0 atom stereocenters. The van der Waals surface area contributed by atoms with Gasteiger partial charge in [-0.25, -0.2) is 9.78 Å². The molecule has 0 saturated heterocycles. The molecule has 1 aliphatic rings. The van der Waals surface area contributed by atoms with Crippen molar-refractivity contribution in [3.8, 4) is 5.75 Å². The smallest absolute Gasteiger partial charge is 0.339 e. The number of ether oxygens (including phenoxy) is 2. The van der Waals surface area contributed by atoms with Crippen LogP contribution in [0.25, 0.3) is 22.0 Å². The van der Waals surface area contributed by atoms with Crippen molar-refractivity contribution in [2.24, 2.45) is 0 Å². The van der Waals surface area contributed by atoms with E-state index in [4.69, 9.17) is 9.47 Å². The maximum Gasteiger partial charge on any atom is 0.339 e. The molecule has 3 heterocycles. The summed E-state index contributed by atoms with van der Waals surface area (Å²) >= 11 is 0. The van der Waals surface area contributed by atoms with Gasteiger partial charge in [-0.3, -0.25) is 4.98 Å². The minimum atomic E-state index is -0.317. The van der Waals surface area contributed by atoms with E-state index in [0.29, 0.717) is 17.9 Å². The van der Waals surface area contributed by atoms with Crippen LogP contribution in [0.1, 0.15) is 16.8 Å². The molecular formula is C25H18N2O3. The SMILES string of the molecule is O=C1OCC(c2cccnc2)=C1c1ccc(OCc2ccc3ccccc3n2)cc1. The van der Waals surface area contributed by atoms with Crippen molar-refractivity contribution < 1.29 is 14.3 Å². The zero-order chi connectivity index (χ0) is 20.3. The van der Waals surface area contributed by atoms with Crippen LogP contribution in [0.2, 0.25) is 0 Å². The molecule has 5 rings (SSSR count). The molecule has 5 nitrogen and oxygen atoms in total. The van der Waals surface area contributed by atoms with Crippen LogP contribution in [0.15, 0.2) is 85.2 Å². The molecule has 5 heteroatoms. The second-order valence-corrected chi connectivity index (χ2v) is 6.98. The van der Waals surface area contributed by atoms with Gasteiger partial charge in [-0.2, -0.15) is 0 Å². The van der Waals surface area contributed by atoms with Crippen LogP contribution in [0.3, 0.4) is 0 Å². The fourth-order valence-corrected chi connectivity index (χ4v) is 3.53. The Morgan fingerprint density at radius 3 is 2.60 bits per heavy atom. The maximum absolute atomic E-state index is 12.3. The average Bonchev–Trinajstić information content (AvgIpc) is 3.20. The number of carbonyl (C=O) groups excluding carboxylic acids is 1. The molecule has 0 unspecified atom stereocenters. The van der Waals surface area contributed by atoms with Gasteiger partial charge in [-0.1, -0.05) is 42.5 Å². The quantitative estimate of drug-likeness (QED) is 0.460. The molecule has 0 aliphatic carbocycles. The van der Waals surface area contributed by atoms with Crippen molar-refractivity contribution in [1.29, 1.82) is 0 Å². The normalized spacial score (nSPS) is 13.5. The van der Waals surface area contributed by atoms with Crippen molar-refractivity contribution >= 4 is 28.0 Å². The van der Waals surface area contributed by atoms with Gasteiger partial charge in [0.05, 0.1) is 16.8 Å². The van der Waals surface area contributed by atoms with E-state index >= 15 is 0 Å². The molecule has 4 aromatic rings. The van der Waals surface area contributed by atoms with Gasteiger partial charge in [0, 0.05) is 28.9 Å². The Kier molecular flexibility index (Phi) is 4.69. The van der Waals surface area contributed by atoms with Gasteiger partial charge in [0.15, 0.2) is 0 Å². The number of pyridine rings is 2. The lowest BCUT2D eigenvalue weighted by atomic mass is 9.98.